The Labute approximate surface area is 160 Å². The van der Waals surface area contributed by atoms with Crippen molar-refractivity contribution in [2.45, 2.75) is 45.4 Å². The van der Waals surface area contributed by atoms with Gasteiger partial charge in [0.2, 0.25) is 5.91 Å². The molecule has 4 rings (SSSR count). The Hall–Kier alpha value is -2.68. The second kappa shape index (κ2) is 7.51. The zero-order valence-electron chi connectivity index (χ0n) is 15.9. The molecule has 2 aromatic carbocycles. The lowest BCUT2D eigenvalue weighted by Gasteiger charge is -2.36. The fraction of sp³-hybridized carbons (Fsp3) is 0.333. The third-order valence-corrected chi connectivity index (χ3v) is 5.97. The van der Waals surface area contributed by atoms with Gasteiger partial charge >= 0.3 is 0 Å². The van der Waals surface area contributed by atoms with E-state index in [-0.39, 0.29) is 11.3 Å². The molecule has 1 fully saturated rings. The summed E-state index contributed by atoms with van der Waals surface area (Å²) in [6, 6.07) is 18.5. The van der Waals surface area contributed by atoms with Gasteiger partial charge in [0, 0.05) is 5.39 Å². The van der Waals surface area contributed by atoms with Gasteiger partial charge in [0.25, 0.3) is 0 Å². The van der Waals surface area contributed by atoms with E-state index in [0.29, 0.717) is 0 Å². The number of aryl methyl sites for hydroxylation is 1. The molecule has 0 bridgehead atoms. The van der Waals surface area contributed by atoms with Crippen molar-refractivity contribution in [3.63, 3.8) is 0 Å². The fourth-order valence-electron chi connectivity index (χ4n) is 4.36. The predicted octanol–water partition coefficient (Wildman–Crippen LogP) is 5.67. The Balaban J connectivity index is 1.63. The first-order chi connectivity index (χ1) is 13.2. The Morgan fingerprint density at radius 3 is 2.48 bits per heavy atom. The van der Waals surface area contributed by atoms with Gasteiger partial charge in [0.15, 0.2) is 0 Å². The Morgan fingerprint density at radius 1 is 1.00 bits per heavy atom. The molecule has 0 atom stereocenters. The van der Waals surface area contributed by atoms with E-state index in [4.69, 9.17) is 0 Å². The molecule has 0 spiro atoms. The number of carbonyl (C=O) groups is 1. The van der Waals surface area contributed by atoms with Crippen molar-refractivity contribution in [3.05, 3.63) is 71.9 Å². The highest BCUT2D eigenvalue weighted by atomic mass is 16.2. The van der Waals surface area contributed by atoms with Crippen molar-refractivity contribution >= 4 is 22.5 Å². The van der Waals surface area contributed by atoms with E-state index < -0.39 is 0 Å². The molecule has 3 aromatic rings. The van der Waals surface area contributed by atoms with Crippen LogP contribution in [0.3, 0.4) is 0 Å². The molecule has 1 aromatic heterocycles. The van der Waals surface area contributed by atoms with E-state index in [2.05, 4.69) is 47.6 Å². The Bertz CT molecular complexity index is 943. The molecular formula is C24H26N2O. The average molecular weight is 358 g/mol. The van der Waals surface area contributed by atoms with Crippen LogP contribution in [0.4, 0.5) is 5.69 Å². The lowest BCUT2D eigenvalue weighted by molar-refractivity contribution is -0.127. The maximum absolute atomic E-state index is 13.4. The molecule has 138 valence electrons. The SMILES string of the molecule is Cc1c(NC(=O)C2(Cc3ccccc3)CCCCC2)cnc2ccccc12. The van der Waals surface area contributed by atoms with Crippen LogP contribution in [0, 0.1) is 12.3 Å². The number of pyridine rings is 1. The summed E-state index contributed by atoms with van der Waals surface area (Å²) in [7, 11) is 0. The first kappa shape index (κ1) is 17.7. The maximum Gasteiger partial charge on any atom is 0.230 e. The van der Waals surface area contributed by atoms with E-state index in [0.717, 1.165) is 54.3 Å². The molecule has 3 nitrogen and oxygen atoms in total. The number of hydrogen-bond donors (Lipinski definition) is 1. The first-order valence-electron chi connectivity index (χ1n) is 9.88. The lowest BCUT2D eigenvalue weighted by Crippen LogP contribution is -2.40. The maximum atomic E-state index is 13.4. The highest BCUT2D eigenvalue weighted by Gasteiger charge is 2.39. The number of nitrogens with one attached hydrogen (secondary N) is 1. The molecule has 0 aliphatic heterocycles. The number of fused-ring (bicyclic) bond motifs is 1. The van der Waals surface area contributed by atoms with Gasteiger partial charge < -0.3 is 5.32 Å². The van der Waals surface area contributed by atoms with Crippen molar-refractivity contribution in [1.82, 2.24) is 4.98 Å². The smallest absolute Gasteiger partial charge is 0.230 e. The molecule has 1 aliphatic carbocycles. The molecule has 0 saturated heterocycles. The number of nitrogens with zero attached hydrogens (tertiary/aromatic N) is 1. The minimum absolute atomic E-state index is 0.145. The summed E-state index contributed by atoms with van der Waals surface area (Å²) < 4.78 is 0. The van der Waals surface area contributed by atoms with Crippen LogP contribution in [0.15, 0.2) is 60.8 Å². The predicted molar refractivity (Wildman–Crippen MR) is 111 cm³/mol. The molecule has 27 heavy (non-hydrogen) atoms. The van der Waals surface area contributed by atoms with Crippen LogP contribution < -0.4 is 5.32 Å². The van der Waals surface area contributed by atoms with E-state index in [9.17, 15) is 4.79 Å². The second-order valence-corrected chi connectivity index (χ2v) is 7.77. The standard InChI is InChI=1S/C24H26N2O/c1-18-20-12-6-7-13-21(20)25-17-22(18)26-23(27)24(14-8-3-9-15-24)16-19-10-4-2-5-11-19/h2,4-7,10-13,17H,3,8-9,14-16H2,1H3,(H,26,27). The fourth-order valence-corrected chi connectivity index (χ4v) is 4.36. The van der Waals surface area contributed by atoms with Crippen LogP contribution in [0.1, 0.15) is 43.2 Å². The number of carbonyl (C=O) groups excluding carboxylic acids is 1. The third-order valence-electron chi connectivity index (χ3n) is 5.97. The normalized spacial score (nSPS) is 16.2. The van der Waals surface area contributed by atoms with Crippen LogP contribution in [0.5, 0.6) is 0 Å². The van der Waals surface area contributed by atoms with Crippen molar-refractivity contribution in [3.8, 4) is 0 Å². The number of para-hydroxylation sites is 1. The number of benzene rings is 2. The van der Waals surface area contributed by atoms with Gasteiger partial charge in [-0.25, -0.2) is 0 Å². The summed E-state index contributed by atoms with van der Waals surface area (Å²) in [5.41, 5.74) is 3.79. The molecular weight excluding hydrogens is 332 g/mol. The summed E-state index contributed by atoms with van der Waals surface area (Å²) in [5, 5.41) is 4.33. The van der Waals surface area contributed by atoms with Crippen molar-refractivity contribution < 1.29 is 4.79 Å². The topological polar surface area (TPSA) is 42.0 Å². The zero-order chi connectivity index (χ0) is 18.7. The second-order valence-electron chi connectivity index (χ2n) is 7.77. The summed E-state index contributed by atoms with van der Waals surface area (Å²) in [6.07, 6.45) is 7.97. The van der Waals surface area contributed by atoms with Gasteiger partial charge in [0.1, 0.15) is 0 Å². The minimum atomic E-state index is -0.322. The van der Waals surface area contributed by atoms with Gasteiger partial charge in [-0.15, -0.1) is 0 Å². The van der Waals surface area contributed by atoms with Crippen LogP contribution in [0.2, 0.25) is 0 Å². The van der Waals surface area contributed by atoms with Crippen LogP contribution in [0.25, 0.3) is 10.9 Å². The molecule has 1 saturated carbocycles. The highest BCUT2D eigenvalue weighted by Crippen LogP contribution is 2.40. The molecule has 1 heterocycles. The zero-order valence-corrected chi connectivity index (χ0v) is 15.9. The molecule has 1 aliphatic rings. The van der Waals surface area contributed by atoms with Crippen molar-refractivity contribution in [1.29, 1.82) is 0 Å². The average Bonchev–Trinajstić information content (AvgIpc) is 2.72. The molecule has 0 unspecified atom stereocenters. The molecule has 3 heteroatoms. The number of aromatic nitrogens is 1. The van der Waals surface area contributed by atoms with E-state index in [1.807, 2.05) is 24.3 Å². The molecule has 1 N–H and O–H groups in total. The number of hydrogen-bond acceptors (Lipinski definition) is 2. The summed E-state index contributed by atoms with van der Waals surface area (Å²) in [6.45, 7) is 2.06. The Morgan fingerprint density at radius 2 is 1.70 bits per heavy atom. The molecule has 1 amide bonds. The largest absolute Gasteiger partial charge is 0.324 e. The van der Waals surface area contributed by atoms with Crippen LogP contribution in [-0.4, -0.2) is 10.9 Å². The van der Waals surface area contributed by atoms with Gasteiger partial charge in [-0.3, -0.25) is 9.78 Å². The first-order valence-corrected chi connectivity index (χ1v) is 9.88. The third kappa shape index (κ3) is 3.59. The summed E-state index contributed by atoms with van der Waals surface area (Å²) >= 11 is 0. The number of rotatable bonds is 4. The van der Waals surface area contributed by atoms with Gasteiger partial charge in [-0.05, 0) is 43.4 Å². The van der Waals surface area contributed by atoms with Crippen molar-refractivity contribution in [2.75, 3.05) is 5.32 Å². The van der Waals surface area contributed by atoms with Gasteiger partial charge in [0.05, 0.1) is 22.8 Å². The van der Waals surface area contributed by atoms with Gasteiger partial charge in [-0.2, -0.15) is 0 Å². The lowest BCUT2D eigenvalue weighted by atomic mass is 9.69. The van der Waals surface area contributed by atoms with E-state index in [1.165, 1.54) is 12.0 Å². The van der Waals surface area contributed by atoms with E-state index in [1.54, 1.807) is 6.20 Å². The van der Waals surface area contributed by atoms with Crippen LogP contribution >= 0.6 is 0 Å². The molecule has 0 radical (unpaired) electrons. The number of anilines is 1. The minimum Gasteiger partial charge on any atom is -0.324 e. The van der Waals surface area contributed by atoms with Crippen molar-refractivity contribution in [2.24, 2.45) is 5.41 Å². The summed E-state index contributed by atoms with van der Waals surface area (Å²) in [5.74, 6) is 0.145. The summed E-state index contributed by atoms with van der Waals surface area (Å²) in [4.78, 5) is 18.0. The monoisotopic (exact) mass is 358 g/mol. The quantitative estimate of drug-likeness (QED) is 0.652. The number of amides is 1. The van der Waals surface area contributed by atoms with Gasteiger partial charge in [-0.1, -0.05) is 67.8 Å². The van der Waals surface area contributed by atoms with Crippen LogP contribution in [-0.2, 0) is 11.2 Å². The highest BCUT2D eigenvalue weighted by molar-refractivity contribution is 5.98. The Kier molecular flexibility index (Phi) is 4.93. The van der Waals surface area contributed by atoms with E-state index >= 15 is 0 Å².